The smallest absolute Gasteiger partial charge is 0.319 e. The Hall–Kier alpha value is -2.34. The maximum atomic E-state index is 12.1. The standard InChI is InChI=1S/C18H20N4OS/c23-17(19-14-4-2-1-3-5-14)20-15-8-6-13(7-9-15)16-12-22-10-11-24-18(22)21-16/h6-12,14H,1-5H2,(H2,19,20,23). The Balaban J connectivity index is 1.39. The number of aromatic nitrogens is 2. The lowest BCUT2D eigenvalue weighted by Crippen LogP contribution is -2.38. The molecule has 0 saturated heterocycles. The van der Waals surface area contributed by atoms with Gasteiger partial charge in [0.15, 0.2) is 4.96 Å². The van der Waals surface area contributed by atoms with Gasteiger partial charge in [0.2, 0.25) is 0 Å². The summed E-state index contributed by atoms with van der Waals surface area (Å²) in [6, 6.07) is 8.02. The maximum Gasteiger partial charge on any atom is 0.319 e. The van der Waals surface area contributed by atoms with E-state index in [2.05, 4.69) is 15.6 Å². The Kier molecular flexibility index (Phi) is 4.21. The van der Waals surface area contributed by atoms with Crippen LogP contribution in [-0.4, -0.2) is 21.5 Å². The van der Waals surface area contributed by atoms with Gasteiger partial charge in [0.1, 0.15) is 0 Å². The molecule has 24 heavy (non-hydrogen) atoms. The van der Waals surface area contributed by atoms with Crippen molar-refractivity contribution in [1.29, 1.82) is 0 Å². The van der Waals surface area contributed by atoms with Crippen LogP contribution in [0.2, 0.25) is 0 Å². The molecule has 6 heteroatoms. The fourth-order valence-electron chi connectivity index (χ4n) is 3.19. The summed E-state index contributed by atoms with van der Waals surface area (Å²) in [6.45, 7) is 0. The van der Waals surface area contributed by atoms with Crippen molar-refractivity contribution in [1.82, 2.24) is 14.7 Å². The monoisotopic (exact) mass is 340 g/mol. The molecule has 2 amide bonds. The summed E-state index contributed by atoms with van der Waals surface area (Å²) in [5.41, 5.74) is 2.79. The number of nitrogens with one attached hydrogen (secondary N) is 2. The van der Waals surface area contributed by atoms with Crippen molar-refractivity contribution in [2.75, 3.05) is 5.32 Å². The Morgan fingerprint density at radius 2 is 1.96 bits per heavy atom. The molecule has 2 aromatic heterocycles. The normalized spacial score (nSPS) is 15.5. The minimum Gasteiger partial charge on any atom is -0.335 e. The third-order valence-corrected chi connectivity index (χ3v) is 5.24. The SMILES string of the molecule is O=C(Nc1ccc(-c2cn3ccsc3n2)cc1)NC1CCCCC1. The first-order valence-corrected chi connectivity index (χ1v) is 9.26. The number of nitrogens with zero attached hydrogens (tertiary/aromatic N) is 2. The van der Waals surface area contributed by atoms with E-state index in [9.17, 15) is 4.79 Å². The number of benzene rings is 1. The van der Waals surface area contributed by atoms with Crippen molar-refractivity contribution in [3.05, 3.63) is 42.0 Å². The molecule has 1 saturated carbocycles. The van der Waals surface area contributed by atoms with Gasteiger partial charge in [-0.1, -0.05) is 31.4 Å². The Labute approximate surface area is 144 Å². The lowest BCUT2D eigenvalue weighted by Gasteiger charge is -2.22. The molecule has 0 radical (unpaired) electrons. The van der Waals surface area contributed by atoms with E-state index in [0.29, 0.717) is 6.04 Å². The molecule has 1 fully saturated rings. The van der Waals surface area contributed by atoms with Crippen molar-refractivity contribution in [2.24, 2.45) is 0 Å². The molecule has 0 atom stereocenters. The van der Waals surface area contributed by atoms with Crippen LogP contribution >= 0.6 is 11.3 Å². The molecule has 1 aromatic carbocycles. The van der Waals surface area contributed by atoms with Crippen molar-refractivity contribution < 1.29 is 4.79 Å². The molecule has 5 nitrogen and oxygen atoms in total. The van der Waals surface area contributed by atoms with Gasteiger partial charge in [-0.3, -0.25) is 4.40 Å². The van der Waals surface area contributed by atoms with Crippen LogP contribution in [-0.2, 0) is 0 Å². The summed E-state index contributed by atoms with van der Waals surface area (Å²) in [7, 11) is 0. The van der Waals surface area contributed by atoms with Crippen LogP contribution in [0.4, 0.5) is 10.5 Å². The number of carbonyl (C=O) groups excluding carboxylic acids is 1. The predicted molar refractivity (Wildman–Crippen MR) is 97.5 cm³/mol. The molecule has 0 unspecified atom stereocenters. The summed E-state index contributed by atoms with van der Waals surface area (Å²) in [6.07, 6.45) is 9.90. The van der Waals surface area contributed by atoms with Gasteiger partial charge in [-0.25, -0.2) is 9.78 Å². The second-order valence-corrected chi connectivity index (χ2v) is 7.10. The number of hydrogen-bond acceptors (Lipinski definition) is 3. The van der Waals surface area contributed by atoms with E-state index < -0.39 is 0 Å². The van der Waals surface area contributed by atoms with Crippen LogP contribution in [0.3, 0.4) is 0 Å². The third-order valence-electron chi connectivity index (χ3n) is 4.47. The molecule has 0 spiro atoms. The maximum absolute atomic E-state index is 12.1. The van der Waals surface area contributed by atoms with Crippen molar-refractivity contribution in [2.45, 2.75) is 38.1 Å². The van der Waals surface area contributed by atoms with E-state index in [-0.39, 0.29) is 6.03 Å². The van der Waals surface area contributed by atoms with Crippen molar-refractivity contribution in [3.63, 3.8) is 0 Å². The van der Waals surface area contributed by atoms with Gasteiger partial charge in [0.25, 0.3) is 0 Å². The summed E-state index contributed by atoms with van der Waals surface area (Å²) in [5, 5.41) is 8.00. The highest BCUT2D eigenvalue weighted by atomic mass is 32.1. The van der Waals surface area contributed by atoms with Gasteiger partial charge in [-0.15, -0.1) is 11.3 Å². The van der Waals surface area contributed by atoms with Gasteiger partial charge >= 0.3 is 6.03 Å². The summed E-state index contributed by atoms with van der Waals surface area (Å²) in [5.74, 6) is 0. The molecule has 0 bridgehead atoms. The molecular weight excluding hydrogens is 320 g/mol. The number of hydrogen-bond donors (Lipinski definition) is 2. The van der Waals surface area contributed by atoms with Crippen LogP contribution in [0.15, 0.2) is 42.0 Å². The van der Waals surface area contributed by atoms with Crippen molar-refractivity contribution in [3.8, 4) is 11.3 Å². The number of amides is 2. The minimum atomic E-state index is -0.114. The number of fused-ring (bicyclic) bond motifs is 1. The quantitative estimate of drug-likeness (QED) is 0.736. The first-order valence-electron chi connectivity index (χ1n) is 8.38. The molecule has 1 aliphatic rings. The van der Waals surface area contributed by atoms with Crippen molar-refractivity contribution >= 4 is 28.0 Å². The number of carbonyl (C=O) groups is 1. The number of thiazole rings is 1. The first-order chi connectivity index (χ1) is 11.8. The number of urea groups is 1. The van der Waals surface area contributed by atoms with E-state index in [1.165, 1.54) is 19.3 Å². The Bertz CT molecular complexity index is 802. The van der Waals surface area contributed by atoms with Gasteiger partial charge < -0.3 is 10.6 Å². The summed E-state index contributed by atoms with van der Waals surface area (Å²) < 4.78 is 2.02. The molecule has 4 rings (SSSR count). The molecule has 1 aliphatic carbocycles. The Morgan fingerprint density at radius 3 is 2.71 bits per heavy atom. The first kappa shape index (κ1) is 15.2. The second-order valence-electron chi connectivity index (χ2n) is 6.23. The predicted octanol–water partition coefficient (Wildman–Crippen LogP) is 4.52. The van der Waals surface area contributed by atoms with E-state index in [4.69, 9.17) is 0 Å². The van der Waals surface area contributed by atoms with Gasteiger partial charge in [-0.05, 0) is 25.0 Å². The molecule has 0 aliphatic heterocycles. The molecule has 2 heterocycles. The molecule has 2 N–H and O–H groups in total. The summed E-state index contributed by atoms with van der Waals surface area (Å²) >= 11 is 1.62. The molecule has 3 aromatic rings. The third kappa shape index (κ3) is 3.28. The highest BCUT2D eigenvalue weighted by molar-refractivity contribution is 7.15. The fraction of sp³-hybridized carbons (Fsp3) is 0.333. The van der Waals surface area contributed by atoms with E-state index in [1.807, 2.05) is 46.4 Å². The highest BCUT2D eigenvalue weighted by Crippen LogP contribution is 2.23. The van der Waals surface area contributed by atoms with Gasteiger partial charge in [0.05, 0.1) is 5.69 Å². The van der Waals surface area contributed by atoms with Crippen LogP contribution in [0.1, 0.15) is 32.1 Å². The lowest BCUT2D eigenvalue weighted by molar-refractivity contribution is 0.244. The number of anilines is 1. The van der Waals surface area contributed by atoms with E-state index in [1.54, 1.807) is 11.3 Å². The van der Waals surface area contributed by atoms with Gasteiger partial charge in [0, 0.05) is 35.1 Å². The van der Waals surface area contributed by atoms with E-state index in [0.717, 1.165) is 34.7 Å². The fourth-order valence-corrected chi connectivity index (χ4v) is 3.89. The summed E-state index contributed by atoms with van der Waals surface area (Å²) in [4.78, 5) is 17.7. The van der Waals surface area contributed by atoms with Crippen LogP contribution < -0.4 is 10.6 Å². The zero-order valence-electron chi connectivity index (χ0n) is 13.4. The second kappa shape index (κ2) is 6.65. The number of imidazole rings is 1. The van der Waals surface area contributed by atoms with Crippen LogP contribution in [0.5, 0.6) is 0 Å². The largest absolute Gasteiger partial charge is 0.335 e. The average molecular weight is 340 g/mol. The zero-order valence-corrected chi connectivity index (χ0v) is 14.2. The van der Waals surface area contributed by atoms with Gasteiger partial charge in [-0.2, -0.15) is 0 Å². The minimum absolute atomic E-state index is 0.114. The Morgan fingerprint density at radius 1 is 1.17 bits per heavy atom. The van der Waals surface area contributed by atoms with Crippen LogP contribution in [0.25, 0.3) is 16.2 Å². The molecular formula is C18H20N4OS. The highest BCUT2D eigenvalue weighted by Gasteiger charge is 2.15. The molecule has 124 valence electrons. The lowest BCUT2D eigenvalue weighted by atomic mass is 9.96. The average Bonchev–Trinajstić information content (AvgIpc) is 3.18. The number of rotatable bonds is 3. The van der Waals surface area contributed by atoms with E-state index >= 15 is 0 Å². The topological polar surface area (TPSA) is 58.4 Å². The van der Waals surface area contributed by atoms with Crippen LogP contribution in [0, 0.1) is 0 Å². The zero-order chi connectivity index (χ0) is 16.4.